The second kappa shape index (κ2) is 9.08. The Balaban J connectivity index is 1.86. The Bertz CT molecular complexity index is 446. The lowest BCUT2D eigenvalue weighted by molar-refractivity contribution is 0.122. The molecule has 22 heavy (non-hydrogen) atoms. The summed E-state index contributed by atoms with van der Waals surface area (Å²) < 4.78 is 19.4. The first-order chi connectivity index (χ1) is 10.7. The Morgan fingerprint density at radius 1 is 1.23 bits per heavy atom. The molecule has 0 atom stereocenters. The molecule has 0 aliphatic carbocycles. The summed E-state index contributed by atoms with van der Waals surface area (Å²) in [7, 11) is 0. The normalized spacial score (nSPS) is 15.5. The molecule has 1 N–H and O–H groups in total. The third-order valence-electron chi connectivity index (χ3n) is 4.19. The third-order valence-corrected chi connectivity index (χ3v) is 4.19. The van der Waals surface area contributed by atoms with Crippen molar-refractivity contribution in [2.75, 3.05) is 57.4 Å². The molecular formula is C17H28FN3O. The Kier molecular flexibility index (Phi) is 7.09. The van der Waals surface area contributed by atoms with Crippen molar-refractivity contribution in [2.45, 2.75) is 20.4 Å². The number of anilines is 1. The highest BCUT2D eigenvalue weighted by Crippen LogP contribution is 2.22. The van der Waals surface area contributed by atoms with Gasteiger partial charge in [-0.25, -0.2) is 4.39 Å². The summed E-state index contributed by atoms with van der Waals surface area (Å²) in [5.74, 6) is -0.145. The Morgan fingerprint density at radius 2 is 1.95 bits per heavy atom. The molecule has 0 radical (unpaired) electrons. The summed E-state index contributed by atoms with van der Waals surface area (Å²) in [4.78, 5) is 4.45. The SMILES string of the molecule is CCN(CC)CCNCc1ccc(F)c(N2CCOCC2)c1. The van der Waals surface area contributed by atoms with Crippen molar-refractivity contribution in [1.82, 2.24) is 10.2 Å². The van der Waals surface area contributed by atoms with Gasteiger partial charge >= 0.3 is 0 Å². The topological polar surface area (TPSA) is 27.7 Å². The van der Waals surface area contributed by atoms with Crippen LogP contribution in [0.1, 0.15) is 19.4 Å². The zero-order chi connectivity index (χ0) is 15.8. The highest BCUT2D eigenvalue weighted by atomic mass is 19.1. The van der Waals surface area contributed by atoms with Crippen molar-refractivity contribution in [2.24, 2.45) is 0 Å². The number of nitrogens with zero attached hydrogens (tertiary/aromatic N) is 2. The molecule has 0 spiro atoms. The predicted octanol–water partition coefficient (Wildman–Crippen LogP) is 2.09. The van der Waals surface area contributed by atoms with Crippen molar-refractivity contribution >= 4 is 5.69 Å². The average molecular weight is 309 g/mol. The second-order valence-corrected chi connectivity index (χ2v) is 5.59. The summed E-state index contributed by atoms with van der Waals surface area (Å²) in [5, 5.41) is 3.44. The van der Waals surface area contributed by atoms with Crippen LogP contribution < -0.4 is 10.2 Å². The molecule has 4 nitrogen and oxygen atoms in total. The molecule has 0 unspecified atom stereocenters. The molecule has 1 saturated heterocycles. The number of hydrogen-bond acceptors (Lipinski definition) is 4. The van der Waals surface area contributed by atoms with Crippen LogP contribution in [0.3, 0.4) is 0 Å². The van der Waals surface area contributed by atoms with Gasteiger partial charge in [0.2, 0.25) is 0 Å². The highest BCUT2D eigenvalue weighted by molar-refractivity contribution is 5.50. The minimum atomic E-state index is -0.145. The van der Waals surface area contributed by atoms with Crippen LogP contribution in [-0.2, 0) is 11.3 Å². The van der Waals surface area contributed by atoms with Gasteiger partial charge in [-0.2, -0.15) is 0 Å². The monoisotopic (exact) mass is 309 g/mol. The van der Waals surface area contributed by atoms with Gasteiger partial charge < -0.3 is 19.9 Å². The molecule has 1 aromatic rings. The van der Waals surface area contributed by atoms with E-state index < -0.39 is 0 Å². The molecule has 0 saturated carbocycles. The van der Waals surface area contributed by atoms with E-state index in [1.165, 1.54) is 0 Å². The highest BCUT2D eigenvalue weighted by Gasteiger charge is 2.15. The maximum Gasteiger partial charge on any atom is 0.146 e. The lowest BCUT2D eigenvalue weighted by Crippen LogP contribution is -2.36. The number of ether oxygens (including phenoxy) is 1. The quantitative estimate of drug-likeness (QED) is 0.744. The first-order valence-electron chi connectivity index (χ1n) is 8.28. The molecule has 1 heterocycles. The molecule has 1 aliphatic heterocycles. The largest absolute Gasteiger partial charge is 0.378 e. The van der Waals surface area contributed by atoms with Crippen molar-refractivity contribution in [1.29, 1.82) is 0 Å². The summed E-state index contributed by atoms with van der Waals surface area (Å²) in [6.07, 6.45) is 0. The molecule has 5 heteroatoms. The van der Waals surface area contributed by atoms with Gasteiger partial charge in [0.15, 0.2) is 0 Å². The van der Waals surface area contributed by atoms with E-state index in [1.807, 2.05) is 12.1 Å². The van der Waals surface area contributed by atoms with Crippen LogP contribution in [-0.4, -0.2) is 57.4 Å². The van der Waals surface area contributed by atoms with Gasteiger partial charge in [0.25, 0.3) is 0 Å². The van der Waals surface area contributed by atoms with Crippen molar-refractivity contribution in [3.05, 3.63) is 29.6 Å². The van der Waals surface area contributed by atoms with Crippen LogP contribution in [0.25, 0.3) is 0 Å². The van der Waals surface area contributed by atoms with Crippen LogP contribution in [0.2, 0.25) is 0 Å². The van der Waals surface area contributed by atoms with E-state index in [-0.39, 0.29) is 5.82 Å². The minimum absolute atomic E-state index is 0.145. The zero-order valence-electron chi connectivity index (χ0n) is 13.8. The fourth-order valence-electron chi connectivity index (χ4n) is 2.72. The maximum atomic E-state index is 14.0. The molecule has 2 rings (SSSR count). The number of nitrogens with one attached hydrogen (secondary N) is 1. The van der Waals surface area contributed by atoms with E-state index in [4.69, 9.17) is 4.74 Å². The van der Waals surface area contributed by atoms with Crippen LogP contribution >= 0.6 is 0 Å². The van der Waals surface area contributed by atoms with E-state index in [2.05, 4.69) is 29.0 Å². The Labute approximate surface area is 133 Å². The summed E-state index contributed by atoms with van der Waals surface area (Å²) >= 11 is 0. The number of rotatable bonds is 8. The van der Waals surface area contributed by atoms with Crippen molar-refractivity contribution in [3.63, 3.8) is 0 Å². The van der Waals surface area contributed by atoms with E-state index in [1.54, 1.807) is 6.07 Å². The van der Waals surface area contributed by atoms with Gasteiger partial charge in [-0.1, -0.05) is 19.9 Å². The molecular weight excluding hydrogens is 281 g/mol. The number of morpholine rings is 1. The van der Waals surface area contributed by atoms with Crippen molar-refractivity contribution in [3.8, 4) is 0 Å². The number of likely N-dealkylation sites (N-methyl/N-ethyl adjacent to an activating group) is 1. The Morgan fingerprint density at radius 3 is 2.64 bits per heavy atom. The van der Waals surface area contributed by atoms with Gasteiger partial charge in [0, 0.05) is 32.7 Å². The van der Waals surface area contributed by atoms with E-state index in [0.717, 1.165) is 51.4 Å². The van der Waals surface area contributed by atoms with E-state index >= 15 is 0 Å². The van der Waals surface area contributed by atoms with Crippen LogP contribution in [0.15, 0.2) is 18.2 Å². The van der Waals surface area contributed by atoms with Gasteiger partial charge in [0.1, 0.15) is 5.82 Å². The summed E-state index contributed by atoms with van der Waals surface area (Å²) in [6, 6.07) is 5.40. The van der Waals surface area contributed by atoms with E-state index in [9.17, 15) is 4.39 Å². The average Bonchev–Trinajstić information content (AvgIpc) is 2.57. The minimum Gasteiger partial charge on any atom is -0.378 e. The molecule has 0 amide bonds. The number of benzene rings is 1. The zero-order valence-corrected chi connectivity index (χ0v) is 13.8. The fraction of sp³-hybridized carbons (Fsp3) is 0.647. The summed E-state index contributed by atoms with van der Waals surface area (Å²) in [6.45, 7) is 12.2. The maximum absolute atomic E-state index is 14.0. The lowest BCUT2D eigenvalue weighted by atomic mass is 10.1. The van der Waals surface area contributed by atoms with Gasteiger partial charge in [0.05, 0.1) is 18.9 Å². The lowest BCUT2D eigenvalue weighted by Gasteiger charge is -2.29. The molecule has 1 fully saturated rings. The smallest absolute Gasteiger partial charge is 0.146 e. The second-order valence-electron chi connectivity index (χ2n) is 5.59. The van der Waals surface area contributed by atoms with Gasteiger partial charge in [-0.05, 0) is 30.8 Å². The Hall–Kier alpha value is -1.17. The number of halogens is 1. The van der Waals surface area contributed by atoms with Crippen LogP contribution in [0, 0.1) is 5.82 Å². The first-order valence-corrected chi connectivity index (χ1v) is 8.28. The van der Waals surface area contributed by atoms with Crippen molar-refractivity contribution < 1.29 is 9.13 Å². The molecule has 1 aliphatic rings. The predicted molar refractivity (Wildman–Crippen MR) is 88.9 cm³/mol. The molecule has 124 valence electrons. The molecule has 1 aromatic carbocycles. The fourth-order valence-corrected chi connectivity index (χ4v) is 2.72. The third kappa shape index (κ3) is 4.93. The molecule has 0 bridgehead atoms. The van der Waals surface area contributed by atoms with E-state index in [0.29, 0.717) is 18.9 Å². The van der Waals surface area contributed by atoms with Crippen LogP contribution in [0.4, 0.5) is 10.1 Å². The van der Waals surface area contributed by atoms with Gasteiger partial charge in [-0.15, -0.1) is 0 Å². The standard InChI is InChI=1S/C17H28FN3O/c1-3-20(4-2)8-7-19-14-15-5-6-16(18)17(13-15)21-9-11-22-12-10-21/h5-6,13,19H,3-4,7-12,14H2,1-2H3. The van der Waals surface area contributed by atoms with Crippen LogP contribution in [0.5, 0.6) is 0 Å². The summed E-state index contributed by atoms with van der Waals surface area (Å²) in [5.41, 5.74) is 1.83. The number of hydrogen-bond donors (Lipinski definition) is 1. The molecule has 0 aromatic heterocycles. The van der Waals surface area contributed by atoms with Gasteiger partial charge in [-0.3, -0.25) is 0 Å². The first kappa shape index (κ1) is 17.2.